The van der Waals surface area contributed by atoms with Gasteiger partial charge < -0.3 is 19.8 Å². The number of hydrogen-bond acceptors (Lipinski definition) is 4. The molecule has 0 fully saturated rings. The van der Waals surface area contributed by atoms with Gasteiger partial charge in [-0.25, -0.2) is 0 Å². The van der Waals surface area contributed by atoms with Crippen LogP contribution in [0.2, 0.25) is 0 Å². The maximum atomic E-state index is 11.7. The fourth-order valence-corrected chi connectivity index (χ4v) is 1.80. The molecule has 1 aromatic carbocycles. The Kier molecular flexibility index (Phi) is 5.59. The Balaban J connectivity index is 1.66. The van der Waals surface area contributed by atoms with Crippen LogP contribution in [0, 0.1) is 0 Å². The maximum absolute atomic E-state index is 11.7. The molecule has 116 valence electrons. The molecule has 0 unspecified atom stereocenters. The topological polar surface area (TPSA) is 80.6 Å². The van der Waals surface area contributed by atoms with E-state index in [1.807, 2.05) is 18.2 Å². The van der Waals surface area contributed by atoms with Crippen molar-refractivity contribution < 1.29 is 18.7 Å². The summed E-state index contributed by atoms with van der Waals surface area (Å²) in [6.07, 6.45) is 1.54. The van der Waals surface area contributed by atoms with Crippen LogP contribution in [0.3, 0.4) is 0 Å². The van der Waals surface area contributed by atoms with Gasteiger partial charge in [0.2, 0.25) is 5.91 Å². The number of furan rings is 1. The first-order chi connectivity index (χ1) is 10.6. The summed E-state index contributed by atoms with van der Waals surface area (Å²) in [6, 6.07) is 12.3. The van der Waals surface area contributed by atoms with Crippen LogP contribution in [0.4, 0.5) is 0 Å². The van der Waals surface area contributed by atoms with E-state index in [2.05, 4.69) is 10.6 Å². The van der Waals surface area contributed by atoms with Crippen molar-refractivity contribution >= 4 is 11.8 Å². The monoisotopic (exact) mass is 302 g/mol. The summed E-state index contributed by atoms with van der Waals surface area (Å²) in [5, 5.41) is 5.22. The standard InChI is InChI=1S/C16H18N2O4/c1-12(14-8-5-9-21-14)18-15(19)10-17-16(20)11-22-13-6-3-2-4-7-13/h2-9,12H,10-11H2,1H3,(H,17,20)(H,18,19)/t12-/m1/s1. The molecule has 22 heavy (non-hydrogen) atoms. The highest BCUT2D eigenvalue weighted by molar-refractivity contribution is 5.85. The number of hydrogen-bond donors (Lipinski definition) is 2. The van der Waals surface area contributed by atoms with Crippen molar-refractivity contribution in [2.45, 2.75) is 13.0 Å². The van der Waals surface area contributed by atoms with Gasteiger partial charge in [-0.2, -0.15) is 0 Å². The molecule has 0 bridgehead atoms. The lowest BCUT2D eigenvalue weighted by atomic mass is 10.2. The first-order valence-electron chi connectivity index (χ1n) is 6.92. The molecular weight excluding hydrogens is 284 g/mol. The van der Waals surface area contributed by atoms with Gasteiger partial charge >= 0.3 is 0 Å². The van der Waals surface area contributed by atoms with Crippen LogP contribution >= 0.6 is 0 Å². The number of ether oxygens (including phenoxy) is 1. The minimum Gasteiger partial charge on any atom is -0.484 e. The zero-order valence-corrected chi connectivity index (χ0v) is 12.2. The van der Waals surface area contributed by atoms with Crippen LogP contribution < -0.4 is 15.4 Å². The normalized spacial score (nSPS) is 11.5. The Bertz CT molecular complexity index is 596. The summed E-state index contributed by atoms with van der Waals surface area (Å²) in [4.78, 5) is 23.3. The molecule has 0 aliphatic carbocycles. The van der Waals surface area contributed by atoms with E-state index in [4.69, 9.17) is 9.15 Å². The Morgan fingerprint density at radius 2 is 1.91 bits per heavy atom. The zero-order valence-electron chi connectivity index (χ0n) is 12.2. The molecule has 6 nitrogen and oxygen atoms in total. The van der Waals surface area contributed by atoms with Gasteiger partial charge in [0.1, 0.15) is 11.5 Å². The summed E-state index contributed by atoms with van der Waals surface area (Å²) in [5.74, 6) is 0.613. The molecule has 2 amide bonds. The molecule has 2 rings (SSSR count). The molecule has 0 saturated carbocycles. The molecule has 2 aromatic rings. The molecule has 1 aromatic heterocycles. The van der Waals surface area contributed by atoms with Crippen molar-refractivity contribution in [1.29, 1.82) is 0 Å². The largest absolute Gasteiger partial charge is 0.484 e. The quantitative estimate of drug-likeness (QED) is 0.815. The van der Waals surface area contributed by atoms with Crippen LogP contribution in [0.25, 0.3) is 0 Å². The summed E-state index contributed by atoms with van der Waals surface area (Å²) in [6.45, 7) is 1.56. The van der Waals surface area contributed by atoms with Crippen LogP contribution in [0.5, 0.6) is 5.75 Å². The highest BCUT2D eigenvalue weighted by Crippen LogP contribution is 2.11. The van der Waals surface area contributed by atoms with Crippen molar-refractivity contribution in [1.82, 2.24) is 10.6 Å². The second-order valence-electron chi connectivity index (χ2n) is 4.68. The third-order valence-electron chi connectivity index (χ3n) is 2.91. The highest BCUT2D eigenvalue weighted by atomic mass is 16.5. The van der Waals surface area contributed by atoms with Crippen LogP contribution in [-0.2, 0) is 9.59 Å². The van der Waals surface area contributed by atoms with Crippen LogP contribution in [0.1, 0.15) is 18.7 Å². The molecule has 6 heteroatoms. The molecule has 1 heterocycles. The Morgan fingerprint density at radius 3 is 2.59 bits per heavy atom. The number of amides is 2. The van der Waals surface area contributed by atoms with Crippen molar-refractivity contribution in [2.75, 3.05) is 13.2 Å². The minimum absolute atomic E-state index is 0.109. The first-order valence-corrected chi connectivity index (χ1v) is 6.92. The first kappa shape index (κ1) is 15.6. The van der Waals surface area contributed by atoms with Gasteiger partial charge in [-0.15, -0.1) is 0 Å². The molecular formula is C16H18N2O4. The van der Waals surface area contributed by atoms with E-state index in [-0.39, 0.29) is 31.0 Å². The predicted octanol–water partition coefficient (Wildman–Crippen LogP) is 1.65. The Labute approximate surface area is 128 Å². The average Bonchev–Trinajstić information content (AvgIpc) is 3.06. The second-order valence-corrected chi connectivity index (χ2v) is 4.68. The van der Waals surface area contributed by atoms with Gasteiger partial charge in [-0.3, -0.25) is 9.59 Å². The summed E-state index contributed by atoms with van der Waals surface area (Å²) in [7, 11) is 0. The Hall–Kier alpha value is -2.76. The van der Waals surface area contributed by atoms with Gasteiger partial charge in [-0.05, 0) is 31.2 Å². The van der Waals surface area contributed by atoms with Crippen molar-refractivity contribution in [2.24, 2.45) is 0 Å². The fraction of sp³-hybridized carbons (Fsp3) is 0.250. The van der Waals surface area contributed by atoms with Crippen molar-refractivity contribution in [3.8, 4) is 5.75 Å². The summed E-state index contributed by atoms with van der Waals surface area (Å²) < 4.78 is 10.5. The minimum atomic E-state index is -0.357. The third kappa shape index (κ3) is 4.97. The van der Waals surface area contributed by atoms with Gasteiger partial charge in [0.15, 0.2) is 6.61 Å². The lowest BCUT2D eigenvalue weighted by Gasteiger charge is -2.12. The van der Waals surface area contributed by atoms with E-state index in [1.165, 1.54) is 0 Å². The third-order valence-corrected chi connectivity index (χ3v) is 2.91. The number of nitrogens with one attached hydrogen (secondary N) is 2. The lowest BCUT2D eigenvalue weighted by molar-refractivity contribution is -0.127. The average molecular weight is 302 g/mol. The molecule has 0 aliphatic rings. The zero-order chi connectivity index (χ0) is 15.8. The molecule has 1 atom stereocenters. The fourth-order valence-electron chi connectivity index (χ4n) is 1.80. The van der Waals surface area contributed by atoms with E-state index in [1.54, 1.807) is 37.5 Å². The number of carbonyl (C=O) groups is 2. The highest BCUT2D eigenvalue weighted by Gasteiger charge is 2.12. The van der Waals surface area contributed by atoms with E-state index < -0.39 is 0 Å². The van der Waals surface area contributed by atoms with Gasteiger partial charge in [0, 0.05) is 0 Å². The van der Waals surface area contributed by atoms with Crippen LogP contribution in [0.15, 0.2) is 53.1 Å². The smallest absolute Gasteiger partial charge is 0.258 e. The predicted molar refractivity (Wildman–Crippen MR) is 80.2 cm³/mol. The van der Waals surface area contributed by atoms with E-state index in [9.17, 15) is 9.59 Å². The summed E-state index contributed by atoms with van der Waals surface area (Å²) in [5.41, 5.74) is 0. The Morgan fingerprint density at radius 1 is 1.14 bits per heavy atom. The van der Waals surface area contributed by atoms with E-state index >= 15 is 0 Å². The second kappa shape index (κ2) is 7.87. The molecule has 0 saturated heterocycles. The molecule has 0 radical (unpaired) electrons. The molecule has 0 spiro atoms. The maximum Gasteiger partial charge on any atom is 0.258 e. The van der Waals surface area contributed by atoms with Crippen molar-refractivity contribution in [3.05, 3.63) is 54.5 Å². The van der Waals surface area contributed by atoms with Crippen molar-refractivity contribution in [3.63, 3.8) is 0 Å². The van der Waals surface area contributed by atoms with Gasteiger partial charge in [0.25, 0.3) is 5.91 Å². The number of rotatable bonds is 7. The van der Waals surface area contributed by atoms with E-state index in [0.717, 1.165) is 0 Å². The number of para-hydroxylation sites is 1. The molecule has 2 N–H and O–H groups in total. The summed E-state index contributed by atoms with van der Waals surface area (Å²) >= 11 is 0. The van der Waals surface area contributed by atoms with Gasteiger partial charge in [0.05, 0.1) is 18.8 Å². The lowest BCUT2D eigenvalue weighted by Crippen LogP contribution is -2.39. The van der Waals surface area contributed by atoms with Crippen LogP contribution in [-0.4, -0.2) is 25.0 Å². The molecule has 0 aliphatic heterocycles. The number of benzene rings is 1. The van der Waals surface area contributed by atoms with Gasteiger partial charge in [-0.1, -0.05) is 18.2 Å². The number of carbonyl (C=O) groups excluding carboxylic acids is 2. The van der Waals surface area contributed by atoms with E-state index in [0.29, 0.717) is 11.5 Å². The SMILES string of the molecule is C[C@@H](NC(=O)CNC(=O)COc1ccccc1)c1ccco1.